The second-order valence-corrected chi connectivity index (χ2v) is 7.69. The number of hydrogen-bond acceptors (Lipinski definition) is 3. The van der Waals surface area contributed by atoms with Gasteiger partial charge in [-0.15, -0.1) is 0 Å². The second kappa shape index (κ2) is 6.59. The molecule has 1 saturated carbocycles. The normalized spacial score (nSPS) is 18.9. The summed E-state index contributed by atoms with van der Waals surface area (Å²) in [4.78, 5) is 0. The van der Waals surface area contributed by atoms with Crippen LogP contribution in [-0.4, -0.2) is 24.8 Å². The summed E-state index contributed by atoms with van der Waals surface area (Å²) in [6, 6.07) is 6.75. The van der Waals surface area contributed by atoms with Gasteiger partial charge >= 0.3 is 0 Å². The van der Waals surface area contributed by atoms with E-state index in [2.05, 4.69) is 4.72 Å². The molecule has 0 radical (unpaired) electrons. The molecule has 1 fully saturated rings. The molecule has 0 bridgehead atoms. The topological polar surface area (TPSA) is 66.4 Å². The first-order valence-corrected chi connectivity index (χ1v) is 8.81. The van der Waals surface area contributed by atoms with Crippen molar-refractivity contribution in [2.24, 2.45) is 0 Å². The lowest BCUT2D eigenvalue weighted by Gasteiger charge is -2.24. The van der Waals surface area contributed by atoms with Gasteiger partial charge < -0.3 is 5.11 Å². The Morgan fingerprint density at radius 2 is 1.80 bits per heavy atom. The quantitative estimate of drug-likeness (QED) is 0.878. The van der Waals surface area contributed by atoms with Crippen LogP contribution in [-0.2, 0) is 16.4 Å². The molecule has 0 aliphatic heterocycles. The van der Waals surface area contributed by atoms with Crippen LogP contribution < -0.4 is 4.72 Å². The Labute approximate surface area is 121 Å². The average molecular weight is 297 g/mol. The monoisotopic (exact) mass is 297 g/mol. The molecule has 112 valence electrons. The highest BCUT2D eigenvalue weighted by atomic mass is 32.2. The van der Waals surface area contributed by atoms with Crippen LogP contribution in [0.2, 0.25) is 0 Å². The standard InChI is InChI=1S/C15H23NO3S/c1-12(11-13-7-9-14(17)10-8-13)16-20(18,19)15-5-3-2-4-6-15/h7-10,12,15-17H,2-6,11H2,1H3. The second-order valence-electron chi connectivity index (χ2n) is 5.69. The summed E-state index contributed by atoms with van der Waals surface area (Å²) < 4.78 is 27.4. The molecular formula is C15H23NO3S. The van der Waals surface area contributed by atoms with Gasteiger partial charge in [-0.2, -0.15) is 0 Å². The van der Waals surface area contributed by atoms with Crippen LogP contribution in [0.25, 0.3) is 0 Å². The largest absolute Gasteiger partial charge is 0.508 e. The number of rotatable bonds is 5. The van der Waals surface area contributed by atoms with Gasteiger partial charge in [0, 0.05) is 6.04 Å². The zero-order valence-corrected chi connectivity index (χ0v) is 12.7. The van der Waals surface area contributed by atoms with Gasteiger partial charge in [-0.25, -0.2) is 13.1 Å². The van der Waals surface area contributed by atoms with Crippen LogP contribution in [0.5, 0.6) is 5.75 Å². The van der Waals surface area contributed by atoms with Crippen LogP contribution in [0.1, 0.15) is 44.6 Å². The highest BCUT2D eigenvalue weighted by molar-refractivity contribution is 7.90. The Hall–Kier alpha value is -1.07. The molecule has 20 heavy (non-hydrogen) atoms. The van der Waals surface area contributed by atoms with Crippen molar-refractivity contribution < 1.29 is 13.5 Å². The van der Waals surface area contributed by atoms with Crippen LogP contribution in [0.15, 0.2) is 24.3 Å². The summed E-state index contributed by atoms with van der Waals surface area (Å²) in [5.74, 6) is 0.226. The van der Waals surface area contributed by atoms with Crippen LogP contribution in [0, 0.1) is 0 Å². The van der Waals surface area contributed by atoms with Gasteiger partial charge in [0.15, 0.2) is 0 Å². The zero-order chi connectivity index (χ0) is 14.6. The summed E-state index contributed by atoms with van der Waals surface area (Å²) >= 11 is 0. The van der Waals surface area contributed by atoms with E-state index in [9.17, 15) is 13.5 Å². The maximum atomic E-state index is 12.3. The van der Waals surface area contributed by atoms with Crippen molar-refractivity contribution in [1.82, 2.24) is 4.72 Å². The average Bonchev–Trinajstić information content (AvgIpc) is 2.42. The first kappa shape index (κ1) is 15.3. The molecule has 5 heteroatoms. The summed E-state index contributed by atoms with van der Waals surface area (Å²) in [5.41, 5.74) is 1.02. The number of phenolic OH excluding ortho intramolecular Hbond substituents is 1. The molecule has 0 heterocycles. The first-order chi connectivity index (χ1) is 9.47. The third kappa shape index (κ3) is 4.21. The molecule has 4 nitrogen and oxygen atoms in total. The molecule has 0 amide bonds. The molecule has 1 aliphatic carbocycles. The number of benzene rings is 1. The molecule has 0 aromatic heterocycles. The summed E-state index contributed by atoms with van der Waals surface area (Å²) in [6.45, 7) is 1.88. The van der Waals surface area contributed by atoms with Crippen molar-refractivity contribution in [2.75, 3.05) is 0 Å². The van der Waals surface area contributed by atoms with Crippen molar-refractivity contribution in [2.45, 2.75) is 56.7 Å². The number of hydrogen-bond donors (Lipinski definition) is 2. The Morgan fingerprint density at radius 3 is 2.40 bits per heavy atom. The molecular weight excluding hydrogens is 274 g/mol. The molecule has 0 spiro atoms. The molecule has 1 aromatic carbocycles. The fourth-order valence-corrected chi connectivity index (χ4v) is 4.57. The van der Waals surface area contributed by atoms with Gasteiger partial charge in [-0.3, -0.25) is 0 Å². The SMILES string of the molecule is CC(Cc1ccc(O)cc1)NS(=O)(=O)C1CCCCC1. The maximum Gasteiger partial charge on any atom is 0.214 e. The van der Waals surface area contributed by atoms with Crippen LogP contribution in [0.4, 0.5) is 0 Å². The Balaban J connectivity index is 1.92. The molecule has 2 N–H and O–H groups in total. The Morgan fingerprint density at radius 1 is 1.20 bits per heavy atom. The summed E-state index contributed by atoms with van der Waals surface area (Å²) in [5, 5.41) is 9.01. The third-order valence-electron chi connectivity index (χ3n) is 3.83. The van der Waals surface area contributed by atoms with E-state index in [1.54, 1.807) is 12.1 Å². The van der Waals surface area contributed by atoms with Crippen LogP contribution >= 0.6 is 0 Å². The number of nitrogens with one attached hydrogen (secondary N) is 1. The molecule has 2 rings (SSSR count). The minimum atomic E-state index is -3.21. The van der Waals surface area contributed by atoms with E-state index in [0.29, 0.717) is 6.42 Å². The van der Waals surface area contributed by atoms with E-state index >= 15 is 0 Å². The van der Waals surface area contributed by atoms with Gasteiger partial charge in [-0.05, 0) is 43.9 Å². The highest BCUT2D eigenvalue weighted by Gasteiger charge is 2.28. The number of aromatic hydroxyl groups is 1. The highest BCUT2D eigenvalue weighted by Crippen LogP contribution is 2.23. The van der Waals surface area contributed by atoms with Gasteiger partial charge in [0.25, 0.3) is 0 Å². The van der Waals surface area contributed by atoms with Gasteiger partial charge in [-0.1, -0.05) is 31.4 Å². The van der Waals surface area contributed by atoms with Gasteiger partial charge in [0.05, 0.1) is 5.25 Å². The first-order valence-electron chi connectivity index (χ1n) is 7.26. The summed E-state index contributed by atoms with van der Waals surface area (Å²) in [7, 11) is -3.21. The number of phenols is 1. The maximum absolute atomic E-state index is 12.3. The van der Waals surface area contributed by atoms with E-state index < -0.39 is 10.0 Å². The molecule has 1 unspecified atom stereocenters. The minimum Gasteiger partial charge on any atom is -0.508 e. The zero-order valence-electron chi connectivity index (χ0n) is 11.9. The van der Waals surface area contributed by atoms with Crippen molar-refractivity contribution in [3.8, 4) is 5.75 Å². The van der Waals surface area contributed by atoms with E-state index in [1.165, 1.54) is 0 Å². The Bertz CT molecular complexity index is 519. The van der Waals surface area contributed by atoms with Gasteiger partial charge in [0.2, 0.25) is 10.0 Å². The lowest BCUT2D eigenvalue weighted by molar-refractivity contribution is 0.470. The summed E-state index contributed by atoms with van der Waals surface area (Å²) in [6.07, 6.45) is 5.36. The molecule has 0 saturated heterocycles. The van der Waals surface area contributed by atoms with Crippen molar-refractivity contribution in [3.63, 3.8) is 0 Å². The van der Waals surface area contributed by atoms with Crippen LogP contribution in [0.3, 0.4) is 0 Å². The predicted molar refractivity (Wildman–Crippen MR) is 80.2 cm³/mol. The van der Waals surface area contributed by atoms with E-state index in [0.717, 1.165) is 37.7 Å². The lowest BCUT2D eigenvalue weighted by atomic mass is 10.0. The smallest absolute Gasteiger partial charge is 0.214 e. The van der Waals surface area contributed by atoms with Crippen molar-refractivity contribution in [3.05, 3.63) is 29.8 Å². The minimum absolute atomic E-state index is 0.133. The van der Waals surface area contributed by atoms with E-state index in [1.807, 2.05) is 19.1 Å². The fourth-order valence-electron chi connectivity index (χ4n) is 2.78. The predicted octanol–water partition coefficient (Wildman–Crippen LogP) is 2.58. The molecule has 1 aromatic rings. The fraction of sp³-hybridized carbons (Fsp3) is 0.600. The van der Waals surface area contributed by atoms with Crippen molar-refractivity contribution in [1.29, 1.82) is 0 Å². The van der Waals surface area contributed by atoms with Gasteiger partial charge in [0.1, 0.15) is 5.75 Å². The Kier molecular flexibility index (Phi) is 5.05. The molecule has 1 atom stereocenters. The van der Waals surface area contributed by atoms with E-state index in [-0.39, 0.29) is 17.0 Å². The van der Waals surface area contributed by atoms with E-state index in [4.69, 9.17) is 0 Å². The third-order valence-corrected chi connectivity index (χ3v) is 5.91. The van der Waals surface area contributed by atoms with Crippen molar-refractivity contribution >= 4 is 10.0 Å². The molecule has 1 aliphatic rings. The lowest BCUT2D eigenvalue weighted by Crippen LogP contribution is -2.41. The number of sulfonamides is 1.